The van der Waals surface area contributed by atoms with E-state index in [9.17, 15) is 15.0 Å². The van der Waals surface area contributed by atoms with Gasteiger partial charge in [-0.1, -0.05) is 0 Å². The fourth-order valence-corrected chi connectivity index (χ4v) is 2.47. The SMILES string of the molecule is NC(=O)c1ccc[n+](C[C@@H](O)[C@@H](O)Cn2cnc3c(N)ncnc32)c1. The lowest BCUT2D eigenvalue weighted by atomic mass is 10.2. The van der Waals surface area contributed by atoms with E-state index in [0.717, 1.165) is 0 Å². The number of hydrogen-bond acceptors (Lipinski definition) is 7. The van der Waals surface area contributed by atoms with Crippen molar-refractivity contribution in [2.24, 2.45) is 5.73 Å². The number of imidazole rings is 1. The summed E-state index contributed by atoms with van der Waals surface area (Å²) >= 11 is 0. The second-order valence-electron chi connectivity index (χ2n) is 5.62. The number of fused-ring (bicyclic) bond motifs is 1. The number of nitrogens with zero attached hydrogens (tertiary/aromatic N) is 5. The normalized spacial score (nSPS) is 13.7. The van der Waals surface area contributed by atoms with Crippen molar-refractivity contribution in [3.63, 3.8) is 0 Å². The van der Waals surface area contributed by atoms with E-state index in [-0.39, 0.29) is 18.9 Å². The van der Waals surface area contributed by atoms with Crippen LogP contribution in [0.3, 0.4) is 0 Å². The number of primary amides is 1. The summed E-state index contributed by atoms with van der Waals surface area (Å²) in [6, 6.07) is 3.21. The number of aromatic nitrogens is 5. The van der Waals surface area contributed by atoms with Crippen LogP contribution in [0.4, 0.5) is 5.82 Å². The highest BCUT2D eigenvalue weighted by Gasteiger charge is 2.23. The molecule has 0 fully saturated rings. The Morgan fingerprint density at radius 1 is 1.28 bits per heavy atom. The van der Waals surface area contributed by atoms with Gasteiger partial charge >= 0.3 is 0 Å². The Balaban J connectivity index is 1.72. The topological polar surface area (TPSA) is 157 Å². The predicted molar refractivity (Wildman–Crippen MR) is 86.9 cm³/mol. The van der Waals surface area contributed by atoms with Crippen LogP contribution >= 0.6 is 0 Å². The molecule has 0 unspecified atom stereocenters. The van der Waals surface area contributed by atoms with Gasteiger partial charge in [0.2, 0.25) is 0 Å². The van der Waals surface area contributed by atoms with E-state index in [1.165, 1.54) is 18.9 Å². The summed E-state index contributed by atoms with van der Waals surface area (Å²) in [7, 11) is 0. The van der Waals surface area contributed by atoms with Gasteiger partial charge in [0, 0.05) is 6.07 Å². The molecule has 0 aromatic carbocycles. The minimum absolute atomic E-state index is 0.0736. The third-order valence-electron chi connectivity index (χ3n) is 3.80. The highest BCUT2D eigenvalue weighted by atomic mass is 16.3. The van der Waals surface area contributed by atoms with Gasteiger partial charge < -0.3 is 26.2 Å². The molecule has 3 rings (SSSR count). The van der Waals surface area contributed by atoms with Crippen LogP contribution in [-0.4, -0.2) is 47.8 Å². The molecule has 10 nitrogen and oxygen atoms in total. The summed E-state index contributed by atoms with van der Waals surface area (Å²) in [5, 5.41) is 20.5. The minimum Gasteiger partial charge on any atom is -0.388 e. The number of anilines is 1. The first kappa shape index (κ1) is 16.7. The molecule has 1 amide bonds. The molecular formula is C15H18N7O3+. The molecule has 2 atom stereocenters. The van der Waals surface area contributed by atoms with Gasteiger partial charge in [-0.15, -0.1) is 0 Å². The van der Waals surface area contributed by atoms with Gasteiger partial charge in [-0.25, -0.2) is 19.5 Å². The molecule has 0 aliphatic heterocycles. The lowest BCUT2D eigenvalue weighted by Crippen LogP contribution is -2.45. The molecule has 0 aliphatic carbocycles. The molecule has 0 saturated heterocycles. The van der Waals surface area contributed by atoms with Crippen LogP contribution < -0.4 is 16.0 Å². The predicted octanol–water partition coefficient (Wildman–Crippen LogP) is -1.78. The summed E-state index contributed by atoms with van der Waals surface area (Å²) in [6.07, 6.45) is 3.81. The average molecular weight is 344 g/mol. The second-order valence-corrected chi connectivity index (χ2v) is 5.62. The highest BCUT2D eigenvalue weighted by molar-refractivity contribution is 5.92. The Morgan fingerprint density at radius 3 is 2.84 bits per heavy atom. The maximum atomic E-state index is 11.2. The van der Waals surface area contributed by atoms with Crippen LogP contribution in [0.25, 0.3) is 11.2 Å². The fraction of sp³-hybridized carbons (Fsp3) is 0.267. The van der Waals surface area contributed by atoms with Crippen LogP contribution in [0.2, 0.25) is 0 Å². The third-order valence-corrected chi connectivity index (χ3v) is 3.80. The number of nitrogen functional groups attached to an aromatic ring is 1. The first-order valence-electron chi connectivity index (χ1n) is 7.52. The zero-order valence-corrected chi connectivity index (χ0v) is 13.2. The summed E-state index contributed by atoms with van der Waals surface area (Å²) < 4.78 is 3.17. The summed E-state index contributed by atoms with van der Waals surface area (Å²) in [4.78, 5) is 23.3. The molecule has 130 valence electrons. The standard InChI is InChI=1S/C15H17N7O3/c16-13-12-15(19-7-18-13)22(8-20-12)6-11(24)10(23)5-21-3-1-2-9(4-21)14(17)25/h1-4,7-8,10-11,23-24H,5-6H2,(H3-,16,17,18,19,25)/p+1/t10-,11+/m1/s1. The van der Waals surface area contributed by atoms with Crippen molar-refractivity contribution in [2.45, 2.75) is 25.3 Å². The van der Waals surface area contributed by atoms with Gasteiger partial charge in [-0.2, -0.15) is 0 Å². The van der Waals surface area contributed by atoms with Crippen molar-refractivity contribution >= 4 is 22.9 Å². The minimum atomic E-state index is -1.08. The molecule has 6 N–H and O–H groups in total. The van der Waals surface area contributed by atoms with Crippen LogP contribution in [0.15, 0.2) is 37.2 Å². The maximum Gasteiger partial charge on any atom is 0.254 e. The Morgan fingerprint density at radius 2 is 2.08 bits per heavy atom. The molecule has 25 heavy (non-hydrogen) atoms. The monoisotopic (exact) mass is 344 g/mol. The smallest absolute Gasteiger partial charge is 0.254 e. The van der Waals surface area contributed by atoms with Crippen molar-refractivity contribution in [1.82, 2.24) is 19.5 Å². The fourth-order valence-electron chi connectivity index (χ4n) is 2.47. The van der Waals surface area contributed by atoms with Gasteiger partial charge in [-0.3, -0.25) is 4.79 Å². The zero-order chi connectivity index (χ0) is 18.0. The van der Waals surface area contributed by atoms with E-state index in [4.69, 9.17) is 11.5 Å². The molecular weight excluding hydrogens is 326 g/mol. The van der Waals surface area contributed by atoms with E-state index < -0.39 is 18.1 Å². The molecule has 10 heteroatoms. The number of carbonyl (C=O) groups is 1. The number of rotatable bonds is 6. The van der Waals surface area contributed by atoms with Gasteiger partial charge in [0.15, 0.2) is 30.4 Å². The quantitative estimate of drug-likeness (QED) is 0.385. The molecule has 3 heterocycles. The Hall–Kier alpha value is -3.11. The highest BCUT2D eigenvalue weighted by Crippen LogP contribution is 2.15. The van der Waals surface area contributed by atoms with Crippen LogP contribution in [0.5, 0.6) is 0 Å². The van der Waals surface area contributed by atoms with Crippen molar-refractivity contribution in [3.05, 3.63) is 42.7 Å². The van der Waals surface area contributed by atoms with Gasteiger partial charge in [-0.05, 0) is 6.07 Å². The largest absolute Gasteiger partial charge is 0.388 e. The van der Waals surface area contributed by atoms with Gasteiger partial charge in [0.1, 0.15) is 29.6 Å². The van der Waals surface area contributed by atoms with E-state index in [1.54, 1.807) is 27.5 Å². The Labute approximate surface area is 142 Å². The van der Waals surface area contributed by atoms with E-state index in [2.05, 4.69) is 15.0 Å². The number of carbonyl (C=O) groups excluding carboxylic acids is 1. The zero-order valence-electron chi connectivity index (χ0n) is 13.2. The maximum absolute atomic E-state index is 11.2. The van der Waals surface area contributed by atoms with Crippen LogP contribution in [-0.2, 0) is 13.1 Å². The number of nitrogens with two attached hydrogens (primary N) is 2. The Bertz CT molecular complexity index is 911. The average Bonchev–Trinajstić information content (AvgIpc) is 2.99. The van der Waals surface area contributed by atoms with Crippen LogP contribution in [0.1, 0.15) is 10.4 Å². The number of aliphatic hydroxyl groups is 2. The van der Waals surface area contributed by atoms with Crippen molar-refractivity contribution in [1.29, 1.82) is 0 Å². The van der Waals surface area contributed by atoms with Gasteiger partial charge in [0.25, 0.3) is 5.91 Å². The molecule has 0 aliphatic rings. The first-order valence-corrected chi connectivity index (χ1v) is 7.52. The number of hydrogen-bond donors (Lipinski definition) is 4. The van der Waals surface area contributed by atoms with Crippen molar-refractivity contribution in [3.8, 4) is 0 Å². The van der Waals surface area contributed by atoms with Crippen LogP contribution in [0, 0.1) is 0 Å². The van der Waals surface area contributed by atoms with Gasteiger partial charge in [0.05, 0.1) is 12.9 Å². The molecule has 0 radical (unpaired) electrons. The lowest BCUT2D eigenvalue weighted by Gasteiger charge is -2.16. The molecule has 0 spiro atoms. The Kier molecular flexibility index (Phi) is 4.55. The molecule has 0 saturated carbocycles. The van der Waals surface area contributed by atoms with E-state index in [0.29, 0.717) is 16.7 Å². The number of aliphatic hydroxyl groups excluding tert-OH is 2. The molecule has 3 aromatic heterocycles. The van der Waals surface area contributed by atoms with E-state index >= 15 is 0 Å². The van der Waals surface area contributed by atoms with E-state index in [1.807, 2.05) is 0 Å². The van der Waals surface area contributed by atoms with Crippen molar-refractivity contribution < 1.29 is 19.6 Å². The second kappa shape index (κ2) is 6.79. The number of amides is 1. The summed E-state index contributed by atoms with van der Waals surface area (Å²) in [5.74, 6) is -0.316. The summed E-state index contributed by atoms with van der Waals surface area (Å²) in [5.41, 5.74) is 12.2. The van der Waals surface area contributed by atoms with Crippen molar-refractivity contribution in [2.75, 3.05) is 5.73 Å². The lowest BCUT2D eigenvalue weighted by molar-refractivity contribution is -0.704. The number of pyridine rings is 1. The third kappa shape index (κ3) is 3.54. The molecule has 0 bridgehead atoms. The summed E-state index contributed by atoms with van der Waals surface area (Å²) in [6.45, 7) is 0.163. The molecule has 3 aromatic rings. The first-order chi connectivity index (χ1) is 12.0.